The molecule has 2 aliphatic heterocycles. The molecular weight excluding hydrogens is 701 g/mol. The van der Waals surface area contributed by atoms with E-state index in [-0.39, 0.29) is 46.4 Å². The van der Waals surface area contributed by atoms with E-state index in [0.29, 0.717) is 46.6 Å². The smallest absolute Gasteiger partial charge is 0.189 e. The molecular formula is C48H56N2O6. The van der Waals surface area contributed by atoms with Gasteiger partial charge >= 0.3 is 0 Å². The SMILES string of the molecule is [2H]C([2H])([2H])Oc1cc2c(cc1OC([2H])([2H])[2H])C(=O)/C(=C\C1CCN(Cc3ccccc3)CC1)C2.[2H]C([2H])([2H])Oc1cc2c(cc1OC([2H])([2H])[2H])C(=O)C(CC1CCN(Cc3ccccc3)CC1)C2. The quantitative estimate of drug-likeness (QED) is 0.141. The van der Waals surface area contributed by atoms with Gasteiger partial charge in [-0.25, -0.2) is 0 Å². The van der Waals surface area contributed by atoms with Crippen LogP contribution in [0.2, 0.25) is 0 Å². The average molecular weight is 769 g/mol. The fourth-order valence-corrected chi connectivity index (χ4v) is 8.67. The van der Waals surface area contributed by atoms with Gasteiger partial charge in [0.15, 0.2) is 34.6 Å². The number of allylic oxidation sites excluding steroid dienone is 2. The summed E-state index contributed by atoms with van der Waals surface area (Å²) < 4.78 is 108. The van der Waals surface area contributed by atoms with Crippen molar-refractivity contribution in [3.8, 4) is 23.0 Å². The van der Waals surface area contributed by atoms with Gasteiger partial charge in [0.05, 0.1) is 44.6 Å². The molecule has 0 aromatic heterocycles. The highest BCUT2D eigenvalue weighted by Gasteiger charge is 2.35. The zero-order chi connectivity index (χ0) is 49.0. The third-order valence-electron chi connectivity index (χ3n) is 11.7. The molecule has 2 heterocycles. The second-order valence-corrected chi connectivity index (χ2v) is 15.3. The van der Waals surface area contributed by atoms with Crippen LogP contribution in [0.1, 0.15) is 91.5 Å². The second kappa shape index (κ2) is 18.4. The maximum atomic E-state index is 13.1. The summed E-state index contributed by atoms with van der Waals surface area (Å²) in [5.74, 6) is -0.644. The summed E-state index contributed by atoms with van der Waals surface area (Å²) in [6.07, 6.45) is 7.56. The Bertz CT molecular complexity index is 2420. The third kappa shape index (κ3) is 9.20. The molecule has 0 saturated carbocycles. The van der Waals surface area contributed by atoms with Crippen molar-refractivity contribution >= 4 is 11.6 Å². The molecule has 0 bridgehead atoms. The number of ether oxygens (including phenoxy) is 4. The first kappa shape index (κ1) is 26.8. The van der Waals surface area contributed by atoms with Crippen LogP contribution >= 0.6 is 0 Å². The molecule has 4 aliphatic rings. The number of likely N-dealkylation sites (tertiary alicyclic amines) is 2. The minimum absolute atomic E-state index is 0.0439. The van der Waals surface area contributed by atoms with Gasteiger partial charge in [0.25, 0.3) is 0 Å². The van der Waals surface area contributed by atoms with Gasteiger partial charge in [0, 0.05) is 42.1 Å². The Morgan fingerprint density at radius 3 is 1.70 bits per heavy atom. The molecule has 56 heavy (non-hydrogen) atoms. The van der Waals surface area contributed by atoms with Crippen LogP contribution in [0, 0.1) is 17.8 Å². The van der Waals surface area contributed by atoms with Crippen molar-refractivity contribution in [2.75, 3.05) is 54.3 Å². The molecule has 294 valence electrons. The number of carbonyl (C=O) groups excluding carboxylic acids is 2. The van der Waals surface area contributed by atoms with Crippen molar-refractivity contribution < 1.29 is 45.0 Å². The Morgan fingerprint density at radius 2 is 1.14 bits per heavy atom. The van der Waals surface area contributed by atoms with Crippen molar-refractivity contribution in [1.29, 1.82) is 0 Å². The van der Waals surface area contributed by atoms with E-state index in [1.54, 1.807) is 0 Å². The Balaban J connectivity index is 0.000000201. The molecule has 2 saturated heterocycles. The minimum atomic E-state index is -2.81. The number of hydrogen-bond donors (Lipinski definition) is 0. The van der Waals surface area contributed by atoms with Gasteiger partial charge in [-0.1, -0.05) is 66.7 Å². The highest BCUT2D eigenvalue weighted by atomic mass is 16.5. The lowest BCUT2D eigenvalue weighted by atomic mass is 9.85. The second-order valence-electron chi connectivity index (χ2n) is 15.3. The van der Waals surface area contributed by atoms with Crippen molar-refractivity contribution in [2.24, 2.45) is 17.8 Å². The summed E-state index contributed by atoms with van der Waals surface area (Å²) in [6.45, 7) is 5.70. The van der Waals surface area contributed by atoms with E-state index >= 15 is 0 Å². The van der Waals surface area contributed by atoms with Crippen LogP contribution in [0.15, 0.2) is 96.6 Å². The van der Waals surface area contributed by atoms with E-state index in [0.717, 1.165) is 71.4 Å². The predicted octanol–water partition coefficient (Wildman–Crippen LogP) is 8.64. The van der Waals surface area contributed by atoms with E-state index < -0.39 is 28.2 Å². The molecule has 8 rings (SSSR count). The molecule has 8 nitrogen and oxygen atoms in total. The van der Waals surface area contributed by atoms with E-state index in [4.69, 9.17) is 35.4 Å². The predicted molar refractivity (Wildman–Crippen MR) is 220 cm³/mol. The van der Waals surface area contributed by atoms with Crippen LogP contribution in [0.3, 0.4) is 0 Å². The number of methoxy groups -OCH3 is 4. The average Bonchev–Trinajstić information content (AvgIpc) is 3.70. The lowest BCUT2D eigenvalue weighted by Crippen LogP contribution is -2.34. The zero-order valence-electron chi connectivity index (χ0n) is 43.4. The number of Topliss-reactive ketones (excluding diaryl/α,β-unsaturated/α-hetero) is 2. The van der Waals surface area contributed by atoms with Crippen molar-refractivity contribution in [3.05, 3.63) is 130 Å². The first-order valence-corrected chi connectivity index (χ1v) is 19.4. The molecule has 0 radical (unpaired) electrons. The Labute approximate surface area is 349 Å². The largest absolute Gasteiger partial charge is 0.493 e. The number of fused-ring (bicyclic) bond motifs is 2. The Morgan fingerprint density at radius 1 is 0.643 bits per heavy atom. The highest BCUT2D eigenvalue weighted by Crippen LogP contribution is 2.40. The topological polar surface area (TPSA) is 77.5 Å². The van der Waals surface area contributed by atoms with Crippen molar-refractivity contribution in [1.82, 2.24) is 9.80 Å². The van der Waals surface area contributed by atoms with Crippen LogP contribution in [-0.4, -0.2) is 75.7 Å². The third-order valence-corrected chi connectivity index (χ3v) is 11.7. The monoisotopic (exact) mass is 768 g/mol. The summed E-state index contributed by atoms with van der Waals surface area (Å²) in [5.41, 5.74) is 5.22. The van der Waals surface area contributed by atoms with E-state index in [1.807, 2.05) is 30.3 Å². The van der Waals surface area contributed by atoms with Gasteiger partial charge in [-0.3, -0.25) is 19.4 Å². The van der Waals surface area contributed by atoms with Gasteiger partial charge in [-0.15, -0.1) is 0 Å². The van der Waals surface area contributed by atoms with E-state index in [1.165, 1.54) is 35.4 Å². The number of ketones is 2. The molecule has 4 aromatic carbocycles. The maximum absolute atomic E-state index is 13.1. The number of benzene rings is 4. The highest BCUT2D eigenvalue weighted by molar-refractivity contribution is 6.13. The van der Waals surface area contributed by atoms with Gasteiger partial charge in [-0.05, 0) is 123 Å². The molecule has 1 unspecified atom stereocenters. The maximum Gasteiger partial charge on any atom is 0.189 e. The summed E-state index contributed by atoms with van der Waals surface area (Å²) in [7, 11) is -11.2. The normalized spacial score (nSPS) is 23.7. The standard InChI is InChI=1S/C24H29NO3.C24H27NO3/c2*1-27-22-14-19-13-20(24(26)21(19)15-23(22)28-2)12-17-8-10-25(11-9-17)16-18-6-4-3-5-7-18/h3-7,14-15,17,20H,8-13,16H2,1-2H3;3-7,12,14-15,17H,8-11,13,16H2,1-2H3/b;20-12-/i2*1D3,2D3. The molecule has 4 aromatic rings. The van der Waals surface area contributed by atoms with Gasteiger partial charge < -0.3 is 18.9 Å². The van der Waals surface area contributed by atoms with Crippen LogP contribution in [0.5, 0.6) is 23.0 Å². The molecule has 0 amide bonds. The van der Waals surface area contributed by atoms with Crippen molar-refractivity contribution in [3.63, 3.8) is 0 Å². The number of carbonyl (C=O) groups is 2. The summed E-state index contributed by atoms with van der Waals surface area (Å²) >= 11 is 0. The summed E-state index contributed by atoms with van der Waals surface area (Å²) in [6, 6.07) is 26.2. The van der Waals surface area contributed by atoms with Gasteiger partial charge in [0.2, 0.25) is 0 Å². The lowest BCUT2D eigenvalue weighted by Gasteiger charge is -2.32. The van der Waals surface area contributed by atoms with E-state index in [9.17, 15) is 9.59 Å². The van der Waals surface area contributed by atoms with E-state index in [2.05, 4.69) is 46.2 Å². The summed E-state index contributed by atoms with van der Waals surface area (Å²) in [4.78, 5) is 31.0. The fraction of sp³-hybridized carbons (Fsp3) is 0.417. The lowest BCUT2D eigenvalue weighted by molar-refractivity contribution is 0.0895. The van der Waals surface area contributed by atoms with Crippen LogP contribution in [0.25, 0.3) is 0 Å². The minimum Gasteiger partial charge on any atom is -0.493 e. The Hall–Kier alpha value is -4.92. The number of rotatable bonds is 11. The number of piperidine rings is 2. The molecule has 2 aliphatic carbocycles. The molecule has 1 atom stereocenters. The Kier molecular flexibility index (Phi) is 8.80. The fourth-order valence-electron chi connectivity index (χ4n) is 8.67. The summed E-state index contributed by atoms with van der Waals surface area (Å²) in [5, 5.41) is 0. The molecule has 0 N–H and O–H groups in total. The molecule has 0 spiro atoms. The van der Waals surface area contributed by atoms with Crippen molar-refractivity contribution in [2.45, 2.75) is 58.0 Å². The first-order chi connectivity index (χ1) is 31.9. The van der Waals surface area contributed by atoms with Gasteiger partial charge in [-0.2, -0.15) is 0 Å². The molecule has 2 fully saturated rings. The van der Waals surface area contributed by atoms with Crippen LogP contribution in [0.4, 0.5) is 0 Å². The van der Waals surface area contributed by atoms with Gasteiger partial charge in [0.1, 0.15) is 0 Å². The number of nitrogens with zero attached hydrogens (tertiary/aromatic N) is 2. The van der Waals surface area contributed by atoms with Crippen LogP contribution in [-0.2, 0) is 25.9 Å². The zero-order valence-corrected chi connectivity index (χ0v) is 31.4. The van der Waals surface area contributed by atoms with Crippen LogP contribution < -0.4 is 18.9 Å². The first-order valence-electron chi connectivity index (χ1n) is 25.4. The molecule has 8 heteroatoms. The number of hydrogen-bond acceptors (Lipinski definition) is 8.